The van der Waals surface area contributed by atoms with Crippen LogP contribution in [0.1, 0.15) is 52.9 Å². The van der Waals surface area contributed by atoms with Crippen molar-refractivity contribution >= 4 is 0 Å². The summed E-state index contributed by atoms with van der Waals surface area (Å²) in [7, 11) is 0. The van der Waals surface area contributed by atoms with Gasteiger partial charge in [0.2, 0.25) is 0 Å². The predicted octanol–water partition coefficient (Wildman–Crippen LogP) is 2.54. The Kier molecular flexibility index (Phi) is 6.26. The van der Waals surface area contributed by atoms with Gasteiger partial charge in [-0.2, -0.15) is 0 Å². The SMILES string of the molecule is CC(CNC(C)C)CNC1CCCCC1. The van der Waals surface area contributed by atoms with Crippen LogP contribution in [0.25, 0.3) is 0 Å². The van der Waals surface area contributed by atoms with Gasteiger partial charge < -0.3 is 10.6 Å². The summed E-state index contributed by atoms with van der Waals surface area (Å²) in [5.41, 5.74) is 0. The highest BCUT2D eigenvalue weighted by molar-refractivity contribution is 4.73. The van der Waals surface area contributed by atoms with E-state index in [0.717, 1.165) is 18.5 Å². The molecule has 0 saturated heterocycles. The molecular weight excluding hydrogens is 184 g/mol. The molecule has 0 spiro atoms. The zero-order valence-electron chi connectivity index (χ0n) is 10.7. The smallest absolute Gasteiger partial charge is 0.00671 e. The van der Waals surface area contributed by atoms with Gasteiger partial charge in [0.25, 0.3) is 0 Å². The van der Waals surface area contributed by atoms with Crippen molar-refractivity contribution in [2.45, 2.75) is 65.0 Å². The summed E-state index contributed by atoms with van der Waals surface area (Å²) < 4.78 is 0. The van der Waals surface area contributed by atoms with Gasteiger partial charge in [0, 0.05) is 12.1 Å². The third-order valence-corrected chi connectivity index (χ3v) is 3.23. The number of hydrogen-bond donors (Lipinski definition) is 2. The lowest BCUT2D eigenvalue weighted by atomic mass is 9.95. The minimum atomic E-state index is 0.613. The number of hydrogen-bond acceptors (Lipinski definition) is 2. The highest BCUT2D eigenvalue weighted by Gasteiger charge is 2.13. The Morgan fingerprint density at radius 1 is 1.00 bits per heavy atom. The second kappa shape index (κ2) is 7.24. The summed E-state index contributed by atoms with van der Waals surface area (Å²) in [6.45, 7) is 9.05. The van der Waals surface area contributed by atoms with E-state index in [4.69, 9.17) is 0 Å². The van der Waals surface area contributed by atoms with Gasteiger partial charge in [-0.05, 0) is 31.8 Å². The molecule has 0 radical (unpaired) electrons. The van der Waals surface area contributed by atoms with Crippen LogP contribution in [0.15, 0.2) is 0 Å². The molecule has 15 heavy (non-hydrogen) atoms. The van der Waals surface area contributed by atoms with Crippen LogP contribution in [-0.4, -0.2) is 25.2 Å². The number of nitrogens with one attached hydrogen (secondary N) is 2. The Morgan fingerprint density at radius 2 is 1.67 bits per heavy atom. The van der Waals surface area contributed by atoms with E-state index in [9.17, 15) is 0 Å². The monoisotopic (exact) mass is 212 g/mol. The van der Waals surface area contributed by atoms with Gasteiger partial charge >= 0.3 is 0 Å². The average molecular weight is 212 g/mol. The molecule has 1 unspecified atom stereocenters. The predicted molar refractivity (Wildman–Crippen MR) is 67.2 cm³/mol. The fourth-order valence-corrected chi connectivity index (χ4v) is 2.18. The fraction of sp³-hybridized carbons (Fsp3) is 1.00. The molecule has 0 amide bonds. The maximum absolute atomic E-state index is 3.71. The molecule has 1 fully saturated rings. The summed E-state index contributed by atoms with van der Waals surface area (Å²) >= 11 is 0. The fourth-order valence-electron chi connectivity index (χ4n) is 2.18. The Bertz CT molecular complexity index is 151. The third-order valence-electron chi connectivity index (χ3n) is 3.23. The Morgan fingerprint density at radius 3 is 2.27 bits per heavy atom. The van der Waals surface area contributed by atoms with Crippen molar-refractivity contribution in [3.8, 4) is 0 Å². The molecule has 0 aromatic rings. The molecule has 2 heteroatoms. The minimum Gasteiger partial charge on any atom is -0.314 e. The third kappa shape index (κ3) is 6.16. The normalized spacial score (nSPS) is 20.8. The Balaban J connectivity index is 2.02. The van der Waals surface area contributed by atoms with Gasteiger partial charge in [-0.25, -0.2) is 0 Å². The molecule has 0 aliphatic heterocycles. The molecule has 0 aromatic heterocycles. The van der Waals surface area contributed by atoms with Crippen LogP contribution in [0.3, 0.4) is 0 Å². The highest BCUT2D eigenvalue weighted by Crippen LogP contribution is 2.17. The summed E-state index contributed by atoms with van der Waals surface area (Å²) in [5.74, 6) is 0.745. The molecule has 2 nitrogen and oxygen atoms in total. The van der Waals surface area contributed by atoms with E-state index in [1.165, 1.54) is 38.6 Å². The molecular formula is C13H28N2. The van der Waals surface area contributed by atoms with Crippen LogP contribution in [0.2, 0.25) is 0 Å². The van der Waals surface area contributed by atoms with Crippen molar-refractivity contribution in [1.29, 1.82) is 0 Å². The molecule has 0 bridgehead atoms. The van der Waals surface area contributed by atoms with Crippen molar-refractivity contribution in [2.24, 2.45) is 5.92 Å². The largest absolute Gasteiger partial charge is 0.314 e. The van der Waals surface area contributed by atoms with Gasteiger partial charge in [0.05, 0.1) is 0 Å². The van der Waals surface area contributed by atoms with Crippen LogP contribution in [0, 0.1) is 5.92 Å². The lowest BCUT2D eigenvalue weighted by Crippen LogP contribution is -2.38. The van der Waals surface area contributed by atoms with E-state index in [1.54, 1.807) is 0 Å². The molecule has 1 atom stereocenters. The van der Waals surface area contributed by atoms with Gasteiger partial charge in [-0.3, -0.25) is 0 Å². The summed E-state index contributed by atoms with van der Waals surface area (Å²) in [6, 6.07) is 1.42. The van der Waals surface area contributed by atoms with Crippen molar-refractivity contribution in [3.05, 3.63) is 0 Å². The Hall–Kier alpha value is -0.0800. The lowest BCUT2D eigenvalue weighted by molar-refractivity contribution is 0.345. The highest BCUT2D eigenvalue weighted by atomic mass is 14.9. The van der Waals surface area contributed by atoms with E-state index in [0.29, 0.717) is 6.04 Å². The minimum absolute atomic E-state index is 0.613. The quantitative estimate of drug-likeness (QED) is 0.707. The van der Waals surface area contributed by atoms with Crippen LogP contribution >= 0.6 is 0 Å². The first kappa shape index (κ1) is 13.0. The van der Waals surface area contributed by atoms with E-state index < -0.39 is 0 Å². The summed E-state index contributed by atoms with van der Waals surface area (Å²) in [5, 5.41) is 7.20. The summed E-state index contributed by atoms with van der Waals surface area (Å²) in [6.07, 6.45) is 7.09. The first-order valence-corrected chi connectivity index (χ1v) is 6.65. The van der Waals surface area contributed by atoms with Crippen LogP contribution < -0.4 is 10.6 Å². The second-order valence-electron chi connectivity index (χ2n) is 5.41. The standard InChI is InChI=1S/C13H28N2/c1-11(2)14-9-12(3)10-15-13-7-5-4-6-8-13/h11-15H,4-10H2,1-3H3. The molecule has 2 N–H and O–H groups in total. The van der Waals surface area contributed by atoms with Gasteiger partial charge in [0.1, 0.15) is 0 Å². The molecule has 1 rings (SSSR count). The average Bonchev–Trinajstić information content (AvgIpc) is 2.25. The van der Waals surface area contributed by atoms with Crippen molar-refractivity contribution < 1.29 is 0 Å². The molecule has 1 aliphatic rings. The maximum Gasteiger partial charge on any atom is 0.00671 e. The van der Waals surface area contributed by atoms with E-state index in [1.807, 2.05) is 0 Å². The molecule has 0 heterocycles. The number of rotatable bonds is 6. The van der Waals surface area contributed by atoms with Crippen LogP contribution in [0.5, 0.6) is 0 Å². The molecule has 1 saturated carbocycles. The van der Waals surface area contributed by atoms with Crippen molar-refractivity contribution in [2.75, 3.05) is 13.1 Å². The van der Waals surface area contributed by atoms with Gasteiger partial charge in [-0.1, -0.05) is 40.0 Å². The Labute approximate surface area is 95.2 Å². The molecule has 90 valence electrons. The lowest BCUT2D eigenvalue weighted by Gasteiger charge is -2.25. The first-order valence-electron chi connectivity index (χ1n) is 6.65. The van der Waals surface area contributed by atoms with Crippen molar-refractivity contribution in [1.82, 2.24) is 10.6 Å². The zero-order chi connectivity index (χ0) is 11.1. The van der Waals surface area contributed by atoms with Gasteiger partial charge in [0.15, 0.2) is 0 Å². The second-order valence-corrected chi connectivity index (χ2v) is 5.41. The topological polar surface area (TPSA) is 24.1 Å². The maximum atomic E-state index is 3.71. The molecule has 0 aromatic carbocycles. The van der Waals surface area contributed by atoms with Crippen LogP contribution in [-0.2, 0) is 0 Å². The summed E-state index contributed by atoms with van der Waals surface area (Å²) in [4.78, 5) is 0. The van der Waals surface area contributed by atoms with E-state index in [2.05, 4.69) is 31.4 Å². The first-order chi connectivity index (χ1) is 7.18. The van der Waals surface area contributed by atoms with Gasteiger partial charge in [-0.15, -0.1) is 0 Å². The van der Waals surface area contributed by atoms with Crippen LogP contribution in [0.4, 0.5) is 0 Å². The molecule has 1 aliphatic carbocycles. The van der Waals surface area contributed by atoms with Crippen molar-refractivity contribution in [3.63, 3.8) is 0 Å². The van der Waals surface area contributed by atoms with E-state index >= 15 is 0 Å². The zero-order valence-corrected chi connectivity index (χ0v) is 10.7. The van der Waals surface area contributed by atoms with E-state index in [-0.39, 0.29) is 0 Å².